The third-order valence-electron chi connectivity index (χ3n) is 3.32. The second-order valence-electron chi connectivity index (χ2n) is 5.16. The van der Waals surface area contributed by atoms with Crippen molar-refractivity contribution in [3.63, 3.8) is 0 Å². The van der Waals surface area contributed by atoms with Crippen LogP contribution < -0.4 is 10.1 Å². The Bertz CT molecular complexity index is 711. The van der Waals surface area contributed by atoms with Gasteiger partial charge in [0, 0.05) is 5.69 Å². The van der Waals surface area contributed by atoms with Gasteiger partial charge in [0.1, 0.15) is 5.75 Å². The highest BCUT2D eigenvalue weighted by Gasteiger charge is 2.30. The van der Waals surface area contributed by atoms with E-state index in [2.05, 4.69) is 5.32 Å². The van der Waals surface area contributed by atoms with Gasteiger partial charge in [0.25, 0.3) is 5.91 Å². The van der Waals surface area contributed by atoms with E-state index in [0.717, 1.165) is 23.3 Å². The molecule has 0 saturated heterocycles. The second kappa shape index (κ2) is 6.73. The number of hydrogen-bond acceptors (Lipinski definition) is 2. The molecule has 0 spiro atoms. The predicted molar refractivity (Wildman–Crippen MR) is 81.5 cm³/mol. The number of anilines is 1. The molecule has 122 valence electrons. The summed E-state index contributed by atoms with van der Waals surface area (Å²) < 4.78 is 43.2. The third kappa shape index (κ3) is 4.74. The molecular formula is C17H16F3NO2. The summed E-state index contributed by atoms with van der Waals surface area (Å²) >= 11 is 0. The molecule has 0 bridgehead atoms. The average Bonchev–Trinajstić information content (AvgIpc) is 2.48. The van der Waals surface area contributed by atoms with Gasteiger partial charge in [-0.2, -0.15) is 13.2 Å². The highest BCUT2D eigenvalue weighted by Crippen LogP contribution is 2.30. The highest BCUT2D eigenvalue weighted by molar-refractivity contribution is 5.91. The molecule has 0 aliphatic heterocycles. The van der Waals surface area contributed by atoms with E-state index < -0.39 is 17.6 Å². The van der Waals surface area contributed by atoms with Crippen LogP contribution in [-0.4, -0.2) is 12.5 Å². The smallest absolute Gasteiger partial charge is 0.416 e. The molecule has 0 fully saturated rings. The van der Waals surface area contributed by atoms with Crippen LogP contribution in [0.2, 0.25) is 0 Å². The first-order valence-electron chi connectivity index (χ1n) is 6.93. The second-order valence-corrected chi connectivity index (χ2v) is 5.16. The van der Waals surface area contributed by atoms with E-state index in [0.29, 0.717) is 5.75 Å². The zero-order valence-electron chi connectivity index (χ0n) is 12.7. The number of nitrogens with one attached hydrogen (secondary N) is 1. The van der Waals surface area contributed by atoms with Gasteiger partial charge in [-0.05, 0) is 55.3 Å². The standard InChI is InChI=1S/C17H16F3NO2/c1-11-6-7-15(8-12(11)2)23-10-16(22)21-14-5-3-4-13(9-14)17(18,19)20/h3-9H,10H2,1-2H3,(H,21,22). The Morgan fingerprint density at radius 1 is 1.09 bits per heavy atom. The molecule has 2 aromatic rings. The van der Waals surface area contributed by atoms with Gasteiger partial charge in [0.2, 0.25) is 0 Å². The van der Waals surface area contributed by atoms with Crippen molar-refractivity contribution in [1.82, 2.24) is 0 Å². The number of benzene rings is 2. The minimum atomic E-state index is -4.45. The summed E-state index contributed by atoms with van der Waals surface area (Å²) in [6, 6.07) is 9.86. The molecular weight excluding hydrogens is 307 g/mol. The zero-order valence-corrected chi connectivity index (χ0v) is 12.7. The molecule has 23 heavy (non-hydrogen) atoms. The summed E-state index contributed by atoms with van der Waals surface area (Å²) in [5.41, 5.74) is 1.39. The fraction of sp³-hybridized carbons (Fsp3) is 0.235. The molecule has 2 aromatic carbocycles. The first kappa shape index (κ1) is 16.9. The number of ether oxygens (including phenoxy) is 1. The van der Waals surface area contributed by atoms with E-state index in [1.807, 2.05) is 19.9 Å². The van der Waals surface area contributed by atoms with Crippen molar-refractivity contribution < 1.29 is 22.7 Å². The molecule has 2 rings (SSSR count). The van der Waals surface area contributed by atoms with Crippen LogP contribution in [0.3, 0.4) is 0 Å². The number of aryl methyl sites for hydroxylation is 2. The number of carbonyl (C=O) groups excluding carboxylic acids is 1. The summed E-state index contributed by atoms with van der Waals surface area (Å²) in [5.74, 6) is 0.00912. The van der Waals surface area contributed by atoms with Gasteiger partial charge in [-0.25, -0.2) is 0 Å². The largest absolute Gasteiger partial charge is 0.484 e. The van der Waals surface area contributed by atoms with E-state index in [-0.39, 0.29) is 12.3 Å². The number of amides is 1. The Balaban J connectivity index is 1.96. The molecule has 0 radical (unpaired) electrons. The number of halogens is 3. The molecule has 0 aliphatic rings. The lowest BCUT2D eigenvalue weighted by Crippen LogP contribution is -2.20. The normalized spacial score (nSPS) is 11.2. The minimum absolute atomic E-state index is 0.0773. The Hall–Kier alpha value is -2.50. The number of hydrogen-bond donors (Lipinski definition) is 1. The van der Waals surface area contributed by atoms with Gasteiger partial charge in [-0.3, -0.25) is 4.79 Å². The quantitative estimate of drug-likeness (QED) is 0.909. The van der Waals surface area contributed by atoms with Crippen molar-refractivity contribution in [3.8, 4) is 5.75 Å². The third-order valence-corrected chi connectivity index (χ3v) is 3.32. The maximum absolute atomic E-state index is 12.6. The zero-order chi connectivity index (χ0) is 17.0. The van der Waals surface area contributed by atoms with Crippen LogP contribution >= 0.6 is 0 Å². The minimum Gasteiger partial charge on any atom is -0.484 e. The topological polar surface area (TPSA) is 38.3 Å². The van der Waals surface area contributed by atoms with Gasteiger partial charge in [-0.1, -0.05) is 12.1 Å². The van der Waals surface area contributed by atoms with Crippen LogP contribution in [0, 0.1) is 13.8 Å². The highest BCUT2D eigenvalue weighted by atomic mass is 19.4. The molecule has 0 atom stereocenters. The predicted octanol–water partition coefficient (Wildman–Crippen LogP) is 4.34. The monoisotopic (exact) mass is 323 g/mol. The molecule has 1 amide bonds. The summed E-state index contributed by atoms with van der Waals surface area (Å²) in [7, 11) is 0. The van der Waals surface area contributed by atoms with E-state index in [4.69, 9.17) is 4.74 Å². The lowest BCUT2D eigenvalue weighted by molar-refractivity contribution is -0.137. The summed E-state index contributed by atoms with van der Waals surface area (Å²) in [6.07, 6.45) is -4.45. The lowest BCUT2D eigenvalue weighted by atomic mass is 10.1. The molecule has 0 aliphatic carbocycles. The van der Waals surface area contributed by atoms with Crippen LogP contribution in [0.25, 0.3) is 0 Å². The van der Waals surface area contributed by atoms with Gasteiger partial charge in [-0.15, -0.1) is 0 Å². The number of rotatable bonds is 4. The Labute approximate surface area is 132 Å². The molecule has 6 heteroatoms. The fourth-order valence-electron chi connectivity index (χ4n) is 1.92. The van der Waals surface area contributed by atoms with Crippen LogP contribution in [0.15, 0.2) is 42.5 Å². The molecule has 3 nitrogen and oxygen atoms in total. The Morgan fingerprint density at radius 3 is 2.48 bits per heavy atom. The van der Waals surface area contributed by atoms with Gasteiger partial charge >= 0.3 is 6.18 Å². The van der Waals surface area contributed by atoms with Crippen molar-refractivity contribution >= 4 is 11.6 Å². The first-order chi connectivity index (χ1) is 10.8. The molecule has 0 heterocycles. The number of carbonyl (C=O) groups is 1. The van der Waals surface area contributed by atoms with Crippen molar-refractivity contribution in [2.45, 2.75) is 20.0 Å². The van der Waals surface area contributed by atoms with Crippen molar-refractivity contribution in [2.75, 3.05) is 11.9 Å². The van der Waals surface area contributed by atoms with E-state index in [1.54, 1.807) is 12.1 Å². The van der Waals surface area contributed by atoms with Crippen molar-refractivity contribution in [3.05, 3.63) is 59.2 Å². The molecule has 0 unspecified atom stereocenters. The van der Waals surface area contributed by atoms with Gasteiger partial charge < -0.3 is 10.1 Å². The summed E-state index contributed by atoms with van der Waals surface area (Å²) in [4.78, 5) is 11.8. The summed E-state index contributed by atoms with van der Waals surface area (Å²) in [5, 5.41) is 2.39. The van der Waals surface area contributed by atoms with E-state index >= 15 is 0 Å². The average molecular weight is 323 g/mol. The lowest BCUT2D eigenvalue weighted by Gasteiger charge is -2.11. The van der Waals surface area contributed by atoms with Gasteiger partial charge in [0.15, 0.2) is 6.61 Å². The molecule has 1 N–H and O–H groups in total. The van der Waals surface area contributed by atoms with Crippen LogP contribution in [0.5, 0.6) is 5.75 Å². The van der Waals surface area contributed by atoms with Crippen LogP contribution in [0.1, 0.15) is 16.7 Å². The fourth-order valence-corrected chi connectivity index (χ4v) is 1.92. The maximum Gasteiger partial charge on any atom is 0.416 e. The maximum atomic E-state index is 12.6. The Morgan fingerprint density at radius 2 is 1.83 bits per heavy atom. The Kier molecular flexibility index (Phi) is 4.93. The van der Waals surface area contributed by atoms with E-state index in [9.17, 15) is 18.0 Å². The first-order valence-corrected chi connectivity index (χ1v) is 6.93. The van der Waals surface area contributed by atoms with Crippen LogP contribution in [-0.2, 0) is 11.0 Å². The van der Waals surface area contributed by atoms with Gasteiger partial charge in [0.05, 0.1) is 5.56 Å². The van der Waals surface area contributed by atoms with E-state index in [1.165, 1.54) is 12.1 Å². The van der Waals surface area contributed by atoms with Crippen LogP contribution in [0.4, 0.5) is 18.9 Å². The van der Waals surface area contributed by atoms with Crippen molar-refractivity contribution in [1.29, 1.82) is 0 Å². The molecule has 0 saturated carbocycles. The SMILES string of the molecule is Cc1ccc(OCC(=O)Nc2cccc(C(F)(F)F)c2)cc1C. The summed E-state index contributed by atoms with van der Waals surface area (Å²) in [6.45, 7) is 3.60. The molecule has 0 aromatic heterocycles. The number of alkyl halides is 3. The van der Waals surface area contributed by atoms with Crippen molar-refractivity contribution in [2.24, 2.45) is 0 Å².